The standard InChI is InChI=1S/C31H29N3O3/c1-20-6-5-15-32-27(20)19-33-16-13-31(14-17-33)26-7-3-4-8-28(26)34(30(31)37)23-10-12-24-21(2)25(29(35)36)11-9-22(24)18-23/h3-12,15,18H,13-14,16-17,19H2,1-2H3,(H,35,36). The molecule has 37 heavy (non-hydrogen) atoms. The third-order valence-corrected chi connectivity index (χ3v) is 8.24. The minimum atomic E-state index is -0.932. The van der Waals surface area contributed by atoms with Gasteiger partial charge < -0.3 is 5.11 Å². The molecule has 6 rings (SSSR count). The molecule has 1 fully saturated rings. The predicted molar refractivity (Wildman–Crippen MR) is 144 cm³/mol. The Balaban J connectivity index is 1.33. The number of fused-ring (bicyclic) bond motifs is 3. The number of likely N-dealkylation sites (tertiary alicyclic amines) is 1. The Morgan fingerprint density at radius 3 is 2.54 bits per heavy atom. The summed E-state index contributed by atoms with van der Waals surface area (Å²) in [6.07, 6.45) is 3.37. The molecule has 0 bridgehead atoms. The van der Waals surface area contributed by atoms with Crippen molar-refractivity contribution in [3.63, 3.8) is 0 Å². The summed E-state index contributed by atoms with van der Waals surface area (Å²) < 4.78 is 0. The maximum Gasteiger partial charge on any atom is 0.335 e. The number of carboxylic acid groups (broad SMARTS) is 1. The average molecular weight is 492 g/mol. The van der Waals surface area contributed by atoms with Crippen LogP contribution in [0.1, 0.15) is 45.6 Å². The van der Waals surface area contributed by atoms with Crippen molar-refractivity contribution in [2.75, 3.05) is 18.0 Å². The highest BCUT2D eigenvalue weighted by molar-refractivity contribution is 6.14. The van der Waals surface area contributed by atoms with Gasteiger partial charge in [0.2, 0.25) is 5.91 Å². The third-order valence-electron chi connectivity index (χ3n) is 8.24. The highest BCUT2D eigenvalue weighted by Gasteiger charge is 2.52. The lowest BCUT2D eigenvalue weighted by Crippen LogP contribution is -2.47. The van der Waals surface area contributed by atoms with Gasteiger partial charge in [0.1, 0.15) is 0 Å². The summed E-state index contributed by atoms with van der Waals surface area (Å²) in [4.78, 5) is 34.6. The number of pyridine rings is 1. The van der Waals surface area contributed by atoms with Gasteiger partial charge in [-0.1, -0.05) is 36.4 Å². The molecule has 186 valence electrons. The van der Waals surface area contributed by atoms with Gasteiger partial charge >= 0.3 is 5.97 Å². The van der Waals surface area contributed by atoms with Gasteiger partial charge in [-0.25, -0.2) is 4.79 Å². The second-order valence-corrected chi connectivity index (χ2v) is 10.2. The molecule has 0 unspecified atom stereocenters. The van der Waals surface area contributed by atoms with Gasteiger partial charge in [0, 0.05) is 18.4 Å². The van der Waals surface area contributed by atoms with E-state index in [2.05, 4.69) is 28.9 Å². The van der Waals surface area contributed by atoms with Crippen molar-refractivity contribution in [2.45, 2.75) is 38.6 Å². The van der Waals surface area contributed by atoms with E-state index >= 15 is 0 Å². The lowest BCUT2D eigenvalue weighted by atomic mass is 9.73. The number of benzene rings is 3. The molecule has 1 amide bonds. The van der Waals surface area contributed by atoms with E-state index in [0.29, 0.717) is 5.56 Å². The van der Waals surface area contributed by atoms with Crippen molar-refractivity contribution in [2.24, 2.45) is 0 Å². The lowest BCUT2D eigenvalue weighted by molar-refractivity contribution is -0.124. The number of amides is 1. The summed E-state index contributed by atoms with van der Waals surface area (Å²) in [5.74, 6) is -0.806. The number of rotatable bonds is 4. The van der Waals surface area contributed by atoms with Gasteiger partial charge in [-0.15, -0.1) is 0 Å². The molecule has 0 atom stereocenters. The molecule has 1 N–H and O–H groups in total. The highest BCUT2D eigenvalue weighted by atomic mass is 16.4. The molecule has 0 radical (unpaired) electrons. The second kappa shape index (κ2) is 8.82. The Hall–Kier alpha value is -4.03. The maximum absolute atomic E-state index is 14.2. The molecule has 2 aliphatic rings. The zero-order valence-corrected chi connectivity index (χ0v) is 21.1. The van der Waals surface area contributed by atoms with Crippen molar-refractivity contribution in [3.8, 4) is 0 Å². The number of carboxylic acids is 1. The van der Waals surface area contributed by atoms with E-state index in [-0.39, 0.29) is 5.91 Å². The van der Waals surface area contributed by atoms with Crippen LogP contribution >= 0.6 is 0 Å². The molecular formula is C31H29N3O3. The van der Waals surface area contributed by atoms with E-state index in [1.165, 1.54) is 5.56 Å². The largest absolute Gasteiger partial charge is 0.478 e. The quantitative estimate of drug-likeness (QED) is 0.393. The van der Waals surface area contributed by atoms with Crippen LogP contribution in [0.15, 0.2) is 72.9 Å². The fraction of sp³-hybridized carbons (Fsp3) is 0.258. The van der Waals surface area contributed by atoms with Gasteiger partial charge in [-0.3, -0.25) is 19.6 Å². The zero-order valence-electron chi connectivity index (χ0n) is 21.1. The highest BCUT2D eigenvalue weighted by Crippen LogP contribution is 2.51. The third kappa shape index (κ3) is 3.71. The number of carbonyl (C=O) groups excluding carboxylic acids is 1. The van der Waals surface area contributed by atoms with E-state index in [4.69, 9.17) is 0 Å². The molecule has 4 aromatic rings. The van der Waals surface area contributed by atoms with Crippen molar-refractivity contribution < 1.29 is 14.7 Å². The number of hydrogen-bond donors (Lipinski definition) is 1. The number of piperidine rings is 1. The topological polar surface area (TPSA) is 73.7 Å². The summed E-state index contributed by atoms with van der Waals surface area (Å²) in [6, 6.07) is 21.6. The molecule has 1 spiro atoms. The number of carbonyl (C=O) groups is 2. The monoisotopic (exact) mass is 491 g/mol. The van der Waals surface area contributed by atoms with E-state index in [0.717, 1.165) is 71.4 Å². The van der Waals surface area contributed by atoms with Crippen LogP contribution < -0.4 is 4.90 Å². The Morgan fingerprint density at radius 2 is 1.78 bits per heavy atom. The Kier molecular flexibility index (Phi) is 5.57. The summed E-state index contributed by atoms with van der Waals surface area (Å²) in [5, 5.41) is 11.3. The summed E-state index contributed by atoms with van der Waals surface area (Å²) in [7, 11) is 0. The van der Waals surface area contributed by atoms with Crippen molar-refractivity contribution >= 4 is 34.0 Å². The minimum Gasteiger partial charge on any atom is -0.478 e. The molecule has 0 saturated carbocycles. The summed E-state index contributed by atoms with van der Waals surface area (Å²) >= 11 is 0. The van der Waals surface area contributed by atoms with Gasteiger partial charge in [0.05, 0.1) is 22.4 Å². The SMILES string of the molecule is Cc1cccnc1CN1CCC2(CC1)C(=O)N(c1ccc3c(C)c(C(=O)O)ccc3c1)c1ccccc12. The number of nitrogens with zero attached hydrogens (tertiary/aromatic N) is 3. The fourth-order valence-electron chi connectivity index (χ4n) is 6.08. The van der Waals surface area contributed by atoms with E-state index in [9.17, 15) is 14.7 Å². The molecule has 3 heterocycles. The van der Waals surface area contributed by atoms with E-state index < -0.39 is 11.4 Å². The summed E-state index contributed by atoms with van der Waals surface area (Å²) in [5.41, 5.74) is 5.64. The predicted octanol–water partition coefficient (Wildman–Crippen LogP) is 5.76. The second-order valence-electron chi connectivity index (χ2n) is 10.2. The number of aromatic carboxylic acids is 1. The Labute approximate surface area is 216 Å². The van der Waals surface area contributed by atoms with Crippen LogP contribution in [-0.4, -0.2) is 40.0 Å². The molecule has 6 nitrogen and oxygen atoms in total. The van der Waals surface area contributed by atoms with Crippen LogP contribution in [0.25, 0.3) is 10.8 Å². The lowest BCUT2D eigenvalue weighted by Gasteiger charge is -2.38. The van der Waals surface area contributed by atoms with Crippen LogP contribution in [0.2, 0.25) is 0 Å². The smallest absolute Gasteiger partial charge is 0.335 e. The number of aryl methyl sites for hydroxylation is 2. The fourth-order valence-corrected chi connectivity index (χ4v) is 6.08. The molecule has 6 heteroatoms. The normalized spacial score (nSPS) is 16.9. The average Bonchev–Trinajstić information content (AvgIpc) is 3.14. The van der Waals surface area contributed by atoms with Gasteiger partial charge in [0.15, 0.2) is 0 Å². The molecule has 1 saturated heterocycles. The molecule has 2 aliphatic heterocycles. The van der Waals surface area contributed by atoms with Crippen molar-refractivity contribution in [1.82, 2.24) is 9.88 Å². The first kappa shape index (κ1) is 23.4. The number of para-hydroxylation sites is 1. The Morgan fingerprint density at radius 1 is 1.00 bits per heavy atom. The van der Waals surface area contributed by atoms with Crippen molar-refractivity contribution in [3.05, 3.63) is 101 Å². The van der Waals surface area contributed by atoms with Crippen LogP contribution in [0.4, 0.5) is 11.4 Å². The number of hydrogen-bond acceptors (Lipinski definition) is 4. The van der Waals surface area contributed by atoms with Crippen LogP contribution in [0.5, 0.6) is 0 Å². The molecule has 1 aromatic heterocycles. The van der Waals surface area contributed by atoms with Crippen LogP contribution in [0.3, 0.4) is 0 Å². The van der Waals surface area contributed by atoms with Crippen LogP contribution in [0, 0.1) is 13.8 Å². The number of anilines is 2. The van der Waals surface area contributed by atoms with Gasteiger partial charge in [-0.05, 0) is 97.6 Å². The maximum atomic E-state index is 14.2. The minimum absolute atomic E-state index is 0.126. The Bertz CT molecular complexity index is 1550. The van der Waals surface area contributed by atoms with E-state index in [1.807, 2.05) is 66.6 Å². The molecule has 0 aliphatic carbocycles. The number of aromatic nitrogens is 1. The first-order chi connectivity index (χ1) is 17.9. The molecular weight excluding hydrogens is 462 g/mol. The van der Waals surface area contributed by atoms with Gasteiger partial charge in [-0.2, -0.15) is 0 Å². The van der Waals surface area contributed by atoms with Crippen molar-refractivity contribution in [1.29, 1.82) is 0 Å². The van der Waals surface area contributed by atoms with Gasteiger partial charge in [0.25, 0.3) is 0 Å². The zero-order chi connectivity index (χ0) is 25.7. The summed E-state index contributed by atoms with van der Waals surface area (Å²) in [6.45, 7) is 6.38. The molecule has 3 aromatic carbocycles. The first-order valence-corrected chi connectivity index (χ1v) is 12.7. The first-order valence-electron chi connectivity index (χ1n) is 12.7. The van der Waals surface area contributed by atoms with Crippen LogP contribution in [-0.2, 0) is 16.8 Å². The van der Waals surface area contributed by atoms with E-state index in [1.54, 1.807) is 6.07 Å².